The molecule has 2 aliphatic carbocycles. The predicted molar refractivity (Wildman–Crippen MR) is 151 cm³/mol. The van der Waals surface area contributed by atoms with Gasteiger partial charge in [0.25, 0.3) is 10.0 Å². The number of amides is 3. The highest BCUT2D eigenvalue weighted by Crippen LogP contribution is 2.28. The first-order valence-electron chi connectivity index (χ1n) is 15.1. The zero-order valence-corrected chi connectivity index (χ0v) is 25.3. The van der Waals surface area contributed by atoms with E-state index in [4.69, 9.17) is 0 Å². The Morgan fingerprint density at radius 2 is 1.54 bits per heavy atom. The molecule has 3 rings (SSSR count). The third-order valence-corrected chi connectivity index (χ3v) is 10.6. The van der Waals surface area contributed by atoms with E-state index >= 15 is 0 Å². The normalized spacial score (nSPS) is 24.5. The number of hydrogen-bond acceptors (Lipinski definition) is 6. The fourth-order valence-corrected chi connectivity index (χ4v) is 7.85. The fraction of sp³-hybridized carbons (Fsp3) is 0.893. The van der Waals surface area contributed by atoms with Gasteiger partial charge in [-0.05, 0) is 58.4 Å². The topological polar surface area (TPSA) is 129 Å². The van der Waals surface area contributed by atoms with Crippen molar-refractivity contribution in [2.45, 2.75) is 103 Å². The molecule has 5 atom stereocenters. The van der Waals surface area contributed by atoms with E-state index in [1.807, 2.05) is 0 Å². The Morgan fingerprint density at radius 1 is 0.923 bits per heavy atom. The maximum atomic E-state index is 13.7. The van der Waals surface area contributed by atoms with E-state index in [-0.39, 0.29) is 36.2 Å². The molecule has 2 saturated carbocycles. The molecular formula is C28H52N5O5S+. The minimum absolute atomic E-state index is 0.0875. The monoisotopic (exact) mass is 570 g/mol. The molecule has 10 nitrogen and oxygen atoms in total. The molecule has 1 unspecified atom stereocenters. The van der Waals surface area contributed by atoms with Crippen LogP contribution in [0.3, 0.4) is 0 Å². The van der Waals surface area contributed by atoms with Crippen molar-refractivity contribution in [3.63, 3.8) is 0 Å². The molecule has 1 heterocycles. The molecule has 1 saturated heterocycles. The van der Waals surface area contributed by atoms with Crippen LogP contribution in [0.4, 0.5) is 0 Å². The van der Waals surface area contributed by atoms with Crippen LogP contribution in [-0.2, 0) is 24.4 Å². The van der Waals surface area contributed by atoms with Gasteiger partial charge >= 0.3 is 0 Å². The zero-order valence-electron chi connectivity index (χ0n) is 24.5. The number of carbonyl (C=O) groups is 3. The van der Waals surface area contributed by atoms with Crippen LogP contribution in [-0.4, -0.2) is 88.6 Å². The molecule has 0 aromatic rings. The van der Waals surface area contributed by atoms with Gasteiger partial charge in [-0.2, -0.15) is 8.42 Å². The highest BCUT2D eigenvalue weighted by atomic mass is 32.2. The van der Waals surface area contributed by atoms with E-state index in [1.165, 1.54) is 25.5 Å². The summed E-state index contributed by atoms with van der Waals surface area (Å²) in [5.41, 5.74) is 0. The number of carbonyl (C=O) groups excluding carboxylic acids is 3. The van der Waals surface area contributed by atoms with Crippen LogP contribution in [0.5, 0.6) is 0 Å². The molecule has 11 heteroatoms. The second-order valence-electron chi connectivity index (χ2n) is 12.3. The Balaban J connectivity index is 1.63. The number of sulfonamides is 1. The first kappa shape index (κ1) is 31.8. The number of quaternary nitrogens is 1. The van der Waals surface area contributed by atoms with Crippen LogP contribution < -0.4 is 20.3 Å². The maximum Gasteiger partial charge on any atom is 0.292 e. The Morgan fingerprint density at radius 3 is 2.13 bits per heavy atom. The van der Waals surface area contributed by atoms with Crippen molar-refractivity contribution >= 4 is 27.7 Å². The van der Waals surface area contributed by atoms with E-state index in [2.05, 4.69) is 16.0 Å². The van der Waals surface area contributed by atoms with Crippen molar-refractivity contribution in [1.82, 2.24) is 20.9 Å². The average molecular weight is 571 g/mol. The van der Waals surface area contributed by atoms with Gasteiger partial charge in [-0.3, -0.25) is 14.4 Å². The van der Waals surface area contributed by atoms with Gasteiger partial charge in [-0.25, -0.2) is 4.31 Å². The van der Waals surface area contributed by atoms with Crippen LogP contribution in [0.1, 0.15) is 84.5 Å². The third kappa shape index (κ3) is 9.14. The van der Waals surface area contributed by atoms with Gasteiger partial charge in [0.2, 0.25) is 17.7 Å². The summed E-state index contributed by atoms with van der Waals surface area (Å²) in [6, 6.07) is -1.32. The van der Waals surface area contributed by atoms with Crippen LogP contribution in [0.2, 0.25) is 0 Å². The largest absolute Gasteiger partial charge is 0.355 e. The van der Waals surface area contributed by atoms with Crippen LogP contribution in [0, 0.1) is 17.8 Å². The Hall–Kier alpha value is -1.72. The Bertz CT molecular complexity index is 933. The van der Waals surface area contributed by atoms with Gasteiger partial charge in [-0.15, -0.1) is 0 Å². The van der Waals surface area contributed by atoms with Gasteiger partial charge < -0.3 is 20.9 Å². The summed E-state index contributed by atoms with van der Waals surface area (Å²) in [6.07, 6.45) is 12.7. The minimum atomic E-state index is -3.52. The summed E-state index contributed by atoms with van der Waals surface area (Å²) in [4.78, 5) is 41.0. The zero-order chi connectivity index (χ0) is 28.6. The molecule has 4 N–H and O–H groups in total. The average Bonchev–Trinajstić information content (AvgIpc) is 3.42. The lowest BCUT2D eigenvalue weighted by molar-refractivity contribution is -0.797. The molecule has 1 aliphatic heterocycles. The summed E-state index contributed by atoms with van der Waals surface area (Å²) in [7, 11) is -1.80. The quantitative estimate of drug-likeness (QED) is 0.270. The Labute approximate surface area is 235 Å². The molecule has 0 aromatic heterocycles. The van der Waals surface area contributed by atoms with Crippen LogP contribution in [0.25, 0.3) is 0 Å². The number of rotatable bonds is 12. The molecular weight excluding hydrogens is 518 g/mol. The minimum Gasteiger partial charge on any atom is -0.355 e. The van der Waals surface area contributed by atoms with Gasteiger partial charge in [0, 0.05) is 19.5 Å². The highest BCUT2D eigenvalue weighted by Gasteiger charge is 2.42. The summed E-state index contributed by atoms with van der Waals surface area (Å²) < 4.78 is 26.1. The Kier molecular flexibility index (Phi) is 12.1. The van der Waals surface area contributed by atoms with E-state index in [1.54, 1.807) is 25.8 Å². The predicted octanol–water partition coefficient (Wildman–Crippen LogP) is 0.437. The number of likely N-dealkylation sites (tertiary alicyclic amines) is 1. The SMILES string of the molecule is CN[C@@H](C)C(=O)N[C@H](C(=O)N1CC[C@@H]([NH+](C[C@@H](C)C(=O)NCC2CCCCC2)S(C)(=O)=O)C1)C1CCCCC1. The first-order chi connectivity index (χ1) is 18.5. The smallest absolute Gasteiger partial charge is 0.292 e. The van der Waals surface area contributed by atoms with E-state index in [0.29, 0.717) is 36.3 Å². The second-order valence-corrected chi connectivity index (χ2v) is 14.3. The summed E-state index contributed by atoms with van der Waals surface area (Å²) in [6.45, 7) is 5.14. The summed E-state index contributed by atoms with van der Waals surface area (Å²) in [5, 5.41) is 8.99. The van der Waals surface area contributed by atoms with E-state index in [9.17, 15) is 22.8 Å². The van der Waals surface area contributed by atoms with Crippen LogP contribution in [0.15, 0.2) is 0 Å². The second kappa shape index (κ2) is 14.8. The van der Waals surface area contributed by atoms with Crippen molar-refractivity contribution < 1.29 is 27.1 Å². The molecule has 224 valence electrons. The molecule has 3 fully saturated rings. The van der Waals surface area contributed by atoms with Crippen molar-refractivity contribution in [1.29, 1.82) is 0 Å². The van der Waals surface area contributed by atoms with Gasteiger partial charge in [-0.1, -0.05) is 38.5 Å². The van der Waals surface area contributed by atoms with Gasteiger partial charge in [0.1, 0.15) is 18.6 Å². The number of nitrogens with one attached hydrogen (secondary N) is 4. The van der Waals surface area contributed by atoms with Crippen molar-refractivity contribution in [2.75, 3.05) is 39.5 Å². The molecule has 3 aliphatic rings. The molecule has 0 bridgehead atoms. The lowest BCUT2D eigenvalue weighted by atomic mass is 9.83. The summed E-state index contributed by atoms with van der Waals surface area (Å²) >= 11 is 0. The maximum absolute atomic E-state index is 13.7. The van der Waals surface area contributed by atoms with Gasteiger partial charge in [0.05, 0.1) is 24.8 Å². The van der Waals surface area contributed by atoms with Crippen molar-refractivity contribution in [3.05, 3.63) is 0 Å². The molecule has 3 amide bonds. The number of hydrogen-bond donors (Lipinski definition) is 4. The van der Waals surface area contributed by atoms with Crippen molar-refractivity contribution in [2.24, 2.45) is 17.8 Å². The lowest BCUT2D eigenvalue weighted by Crippen LogP contribution is -3.18. The standard InChI is InChI=1S/C28H51N5O5S/c1-20(26(34)30-17-22-11-7-5-8-12-22)18-33(39(4,37)38)24-15-16-32(19-24)28(36)25(23-13-9-6-10-14-23)31-27(35)21(2)29-3/h20-25,29H,5-19H2,1-4H3,(H,30,34)(H,31,35)/p+1/t20-,21+,24-,25+/m1/s1. The lowest BCUT2D eigenvalue weighted by Gasteiger charge is -2.33. The molecule has 0 spiro atoms. The fourth-order valence-electron chi connectivity index (χ4n) is 6.50. The number of nitrogens with zero attached hydrogens (tertiary/aromatic N) is 1. The highest BCUT2D eigenvalue weighted by molar-refractivity contribution is 7.84. The van der Waals surface area contributed by atoms with Crippen molar-refractivity contribution in [3.8, 4) is 0 Å². The summed E-state index contributed by atoms with van der Waals surface area (Å²) in [5.74, 6) is -0.284. The van der Waals surface area contributed by atoms with Gasteiger partial charge in [0.15, 0.2) is 0 Å². The molecule has 39 heavy (non-hydrogen) atoms. The number of likely N-dealkylation sites (N-methyl/N-ethyl adjacent to an activating group) is 1. The molecule has 0 radical (unpaired) electrons. The third-order valence-electron chi connectivity index (χ3n) is 9.19. The molecule has 0 aromatic carbocycles. The first-order valence-corrected chi connectivity index (χ1v) is 17.0. The van der Waals surface area contributed by atoms with E-state index in [0.717, 1.165) is 44.9 Å². The van der Waals surface area contributed by atoms with E-state index < -0.39 is 28.0 Å². The van der Waals surface area contributed by atoms with Crippen LogP contribution >= 0.6 is 0 Å².